The van der Waals surface area contributed by atoms with E-state index in [9.17, 15) is 4.39 Å². The van der Waals surface area contributed by atoms with E-state index in [0.717, 1.165) is 24.8 Å². The summed E-state index contributed by atoms with van der Waals surface area (Å²) in [6.07, 6.45) is 6.39. The lowest BCUT2D eigenvalue weighted by atomic mass is 9.99. The van der Waals surface area contributed by atoms with Gasteiger partial charge in [0, 0.05) is 18.4 Å². The number of hydrogen-bond acceptors (Lipinski definition) is 3. The molecule has 0 bridgehead atoms. The number of halogens is 1. The molecule has 21 heavy (non-hydrogen) atoms. The van der Waals surface area contributed by atoms with Crippen molar-refractivity contribution in [3.63, 3.8) is 0 Å². The Kier molecular flexibility index (Phi) is 5.69. The number of aromatic nitrogens is 1. The maximum absolute atomic E-state index is 13.7. The summed E-state index contributed by atoms with van der Waals surface area (Å²) in [4.78, 5) is 4.12. The third kappa shape index (κ3) is 4.53. The third-order valence-corrected chi connectivity index (χ3v) is 3.61. The largest absolute Gasteiger partial charge is 0.494 e. The van der Waals surface area contributed by atoms with E-state index >= 15 is 0 Å². The van der Waals surface area contributed by atoms with Gasteiger partial charge in [0.15, 0.2) is 11.6 Å². The molecule has 0 amide bonds. The minimum absolute atomic E-state index is 0.287. The molecule has 1 N–H and O–H groups in total. The van der Waals surface area contributed by atoms with E-state index in [0.29, 0.717) is 6.04 Å². The van der Waals surface area contributed by atoms with Gasteiger partial charge in [-0.25, -0.2) is 4.39 Å². The van der Waals surface area contributed by atoms with Gasteiger partial charge in [-0.15, -0.1) is 0 Å². The summed E-state index contributed by atoms with van der Waals surface area (Å²) >= 11 is 0. The fourth-order valence-corrected chi connectivity index (χ4v) is 2.36. The summed E-state index contributed by atoms with van der Waals surface area (Å²) in [5.41, 5.74) is 2.19. The molecule has 1 atom stereocenters. The Labute approximate surface area is 125 Å². The fourth-order valence-electron chi connectivity index (χ4n) is 2.36. The van der Waals surface area contributed by atoms with Crippen molar-refractivity contribution in [1.29, 1.82) is 0 Å². The maximum atomic E-state index is 13.7. The number of ether oxygens (including phenoxy) is 1. The van der Waals surface area contributed by atoms with Gasteiger partial charge in [0.05, 0.1) is 7.11 Å². The number of nitrogens with zero attached hydrogens (tertiary/aromatic N) is 1. The monoisotopic (exact) mass is 288 g/mol. The summed E-state index contributed by atoms with van der Waals surface area (Å²) in [6, 6.07) is 9.47. The molecule has 0 aliphatic rings. The molecule has 0 aliphatic carbocycles. The van der Waals surface area contributed by atoms with Crippen molar-refractivity contribution in [3.8, 4) is 5.75 Å². The zero-order valence-electron chi connectivity index (χ0n) is 12.5. The number of rotatable bonds is 7. The van der Waals surface area contributed by atoms with Crippen molar-refractivity contribution >= 4 is 0 Å². The van der Waals surface area contributed by atoms with Gasteiger partial charge in [0.25, 0.3) is 0 Å². The highest BCUT2D eigenvalue weighted by Crippen LogP contribution is 2.19. The Hall–Kier alpha value is -1.94. The van der Waals surface area contributed by atoms with Crippen LogP contribution < -0.4 is 10.1 Å². The SMILES string of the molecule is CNC(CCc1cccnc1)Cc1ccc(OC)c(F)c1. The van der Waals surface area contributed by atoms with E-state index in [2.05, 4.69) is 16.4 Å². The van der Waals surface area contributed by atoms with Gasteiger partial charge in [-0.05, 0) is 55.6 Å². The van der Waals surface area contributed by atoms with Crippen molar-refractivity contribution < 1.29 is 9.13 Å². The van der Waals surface area contributed by atoms with Crippen LogP contribution >= 0.6 is 0 Å². The van der Waals surface area contributed by atoms with Crippen LogP contribution in [0, 0.1) is 5.82 Å². The number of methoxy groups -OCH3 is 1. The normalized spacial score (nSPS) is 12.1. The number of aryl methyl sites for hydroxylation is 1. The highest BCUT2D eigenvalue weighted by molar-refractivity contribution is 5.29. The molecule has 3 nitrogen and oxygen atoms in total. The molecule has 0 aliphatic heterocycles. The molecule has 112 valence electrons. The number of nitrogens with one attached hydrogen (secondary N) is 1. The van der Waals surface area contributed by atoms with Gasteiger partial charge >= 0.3 is 0 Å². The molecule has 0 saturated heterocycles. The average molecular weight is 288 g/mol. The van der Waals surface area contributed by atoms with E-state index in [4.69, 9.17) is 4.74 Å². The van der Waals surface area contributed by atoms with Gasteiger partial charge in [0.1, 0.15) is 0 Å². The number of pyridine rings is 1. The lowest BCUT2D eigenvalue weighted by Gasteiger charge is -2.16. The van der Waals surface area contributed by atoms with Crippen LogP contribution in [0.3, 0.4) is 0 Å². The van der Waals surface area contributed by atoms with Gasteiger partial charge in [-0.3, -0.25) is 4.98 Å². The van der Waals surface area contributed by atoms with Crippen LogP contribution in [0.1, 0.15) is 17.5 Å². The Morgan fingerprint density at radius 2 is 2.14 bits per heavy atom. The fraction of sp³-hybridized carbons (Fsp3) is 0.353. The molecule has 1 heterocycles. The number of benzene rings is 1. The molecule has 0 spiro atoms. The van der Waals surface area contributed by atoms with Crippen molar-refractivity contribution in [2.45, 2.75) is 25.3 Å². The van der Waals surface area contributed by atoms with Gasteiger partial charge in [-0.2, -0.15) is 0 Å². The number of likely N-dealkylation sites (N-methyl/N-ethyl adjacent to an activating group) is 1. The van der Waals surface area contributed by atoms with E-state index in [-0.39, 0.29) is 11.6 Å². The van der Waals surface area contributed by atoms with Crippen LogP contribution in [-0.4, -0.2) is 25.2 Å². The summed E-state index contributed by atoms with van der Waals surface area (Å²) < 4.78 is 18.6. The molecule has 0 saturated carbocycles. The van der Waals surface area contributed by atoms with E-state index in [1.807, 2.05) is 25.4 Å². The quantitative estimate of drug-likeness (QED) is 0.850. The lowest BCUT2D eigenvalue weighted by molar-refractivity contribution is 0.386. The Balaban J connectivity index is 1.94. The van der Waals surface area contributed by atoms with E-state index in [1.54, 1.807) is 18.3 Å². The topological polar surface area (TPSA) is 34.2 Å². The van der Waals surface area contributed by atoms with Gasteiger partial charge in [-0.1, -0.05) is 12.1 Å². The second-order valence-corrected chi connectivity index (χ2v) is 5.06. The van der Waals surface area contributed by atoms with Crippen molar-refractivity contribution in [2.24, 2.45) is 0 Å². The molecule has 1 unspecified atom stereocenters. The minimum atomic E-state index is -0.308. The maximum Gasteiger partial charge on any atom is 0.165 e. The van der Waals surface area contributed by atoms with Crippen LogP contribution in [0.4, 0.5) is 4.39 Å². The molecule has 2 rings (SSSR count). The molecule has 1 aromatic carbocycles. The smallest absolute Gasteiger partial charge is 0.165 e. The standard InChI is InChI=1S/C17H21FN2O/c1-19-15(7-5-13-4-3-9-20-12-13)10-14-6-8-17(21-2)16(18)11-14/h3-4,6,8-9,11-12,15,19H,5,7,10H2,1-2H3. The zero-order valence-corrected chi connectivity index (χ0v) is 12.5. The van der Waals surface area contributed by atoms with Crippen LogP contribution in [0.2, 0.25) is 0 Å². The first-order valence-electron chi connectivity index (χ1n) is 7.11. The molecular weight excluding hydrogens is 267 g/mol. The first-order chi connectivity index (χ1) is 10.2. The van der Waals surface area contributed by atoms with Crippen molar-refractivity contribution in [2.75, 3.05) is 14.2 Å². The minimum Gasteiger partial charge on any atom is -0.494 e. The van der Waals surface area contributed by atoms with Crippen molar-refractivity contribution in [1.82, 2.24) is 10.3 Å². The van der Waals surface area contributed by atoms with E-state index in [1.165, 1.54) is 12.7 Å². The average Bonchev–Trinajstić information content (AvgIpc) is 2.52. The van der Waals surface area contributed by atoms with Crippen molar-refractivity contribution in [3.05, 3.63) is 59.7 Å². The zero-order chi connectivity index (χ0) is 15.1. The molecule has 0 fully saturated rings. The molecular formula is C17H21FN2O. The van der Waals surface area contributed by atoms with E-state index < -0.39 is 0 Å². The second kappa shape index (κ2) is 7.74. The summed E-state index contributed by atoms with van der Waals surface area (Å²) in [7, 11) is 3.41. The summed E-state index contributed by atoms with van der Waals surface area (Å²) in [6.45, 7) is 0. The third-order valence-electron chi connectivity index (χ3n) is 3.61. The predicted octanol–water partition coefficient (Wildman–Crippen LogP) is 2.99. The highest BCUT2D eigenvalue weighted by atomic mass is 19.1. The Bertz CT molecular complexity index is 560. The second-order valence-electron chi connectivity index (χ2n) is 5.06. The molecule has 0 radical (unpaired) electrons. The molecule has 2 aromatic rings. The first-order valence-corrected chi connectivity index (χ1v) is 7.11. The Morgan fingerprint density at radius 3 is 2.76 bits per heavy atom. The number of hydrogen-bond donors (Lipinski definition) is 1. The first kappa shape index (κ1) is 15.4. The van der Waals surface area contributed by atoms with Crippen LogP contribution in [0.5, 0.6) is 5.75 Å². The molecule has 1 aromatic heterocycles. The summed E-state index contributed by atoms with van der Waals surface area (Å²) in [5.74, 6) is -0.0211. The lowest BCUT2D eigenvalue weighted by Crippen LogP contribution is -2.28. The highest BCUT2D eigenvalue weighted by Gasteiger charge is 2.10. The predicted molar refractivity (Wildman–Crippen MR) is 82.1 cm³/mol. The van der Waals surface area contributed by atoms with Gasteiger partial charge < -0.3 is 10.1 Å². The summed E-state index contributed by atoms with van der Waals surface area (Å²) in [5, 5.41) is 3.29. The van der Waals surface area contributed by atoms with Crippen LogP contribution in [-0.2, 0) is 12.8 Å². The Morgan fingerprint density at radius 1 is 1.29 bits per heavy atom. The van der Waals surface area contributed by atoms with Crippen LogP contribution in [0.15, 0.2) is 42.7 Å². The van der Waals surface area contributed by atoms with Crippen LogP contribution in [0.25, 0.3) is 0 Å². The molecule has 4 heteroatoms. The van der Waals surface area contributed by atoms with Gasteiger partial charge in [0.2, 0.25) is 0 Å².